The molecule has 0 aliphatic carbocycles. The molecule has 3 aromatic rings. The minimum absolute atomic E-state index is 0.00700. The number of carbonyl (C=O) groups is 2. The van der Waals surface area contributed by atoms with E-state index in [9.17, 15) is 22.8 Å². The summed E-state index contributed by atoms with van der Waals surface area (Å²) >= 11 is 1.29. The molecule has 0 bridgehead atoms. The van der Waals surface area contributed by atoms with Gasteiger partial charge in [0.05, 0.1) is 5.57 Å². The SMILES string of the molecule is O=C1C(Nc2ccc(F)c(F)c2)=C(c2cccs2)C(=O)N1CCc1ccc(F)cc1. The molecule has 2 aromatic carbocycles. The first-order valence-corrected chi connectivity index (χ1v) is 9.93. The summed E-state index contributed by atoms with van der Waals surface area (Å²) in [5.41, 5.74) is 1.11. The second kappa shape index (κ2) is 8.16. The van der Waals surface area contributed by atoms with Crippen molar-refractivity contribution in [2.45, 2.75) is 6.42 Å². The first-order chi connectivity index (χ1) is 14.4. The Morgan fingerprint density at radius 2 is 1.67 bits per heavy atom. The summed E-state index contributed by atoms with van der Waals surface area (Å²) in [7, 11) is 0. The molecule has 0 radical (unpaired) electrons. The molecule has 8 heteroatoms. The molecule has 4 rings (SSSR count). The Morgan fingerprint density at radius 1 is 0.900 bits per heavy atom. The van der Waals surface area contributed by atoms with Crippen LogP contribution in [-0.2, 0) is 16.0 Å². The van der Waals surface area contributed by atoms with E-state index in [2.05, 4.69) is 5.32 Å². The lowest BCUT2D eigenvalue weighted by Crippen LogP contribution is -2.34. The van der Waals surface area contributed by atoms with Crippen LogP contribution < -0.4 is 5.32 Å². The number of anilines is 1. The van der Waals surface area contributed by atoms with Crippen LogP contribution in [0.3, 0.4) is 0 Å². The average molecular weight is 428 g/mol. The van der Waals surface area contributed by atoms with Crippen molar-refractivity contribution in [1.29, 1.82) is 0 Å². The molecule has 0 atom stereocenters. The maximum absolute atomic E-state index is 13.6. The highest BCUT2D eigenvalue weighted by molar-refractivity contribution is 7.11. The van der Waals surface area contributed by atoms with Gasteiger partial charge in [-0.25, -0.2) is 13.2 Å². The highest BCUT2D eigenvalue weighted by atomic mass is 32.1. The number of rotatable bonds is 6. The van der Waals surface area contributed by atoms with Gasteiger partial charge in [0.2, 0.25) is 0 Å². The summed E-state index contributed by atoms with van der Waals surface area (Å²) in [6.07, 6.45) is 0.355. The molecule has 2 amide bonds. The van der Waals surface area contributed by atoms with Crippen LogP contribution >= 0.6 is 11.3 Å². The lowest BCUT2D eigenvalue weighted by Gasteiger charge is -2.15. The Balaban J connectivity index is 1.62. The molecule has 1 aliphatic rings. The summed E-state index contributed by atoms with van der Waals surface area (Å²) in [6, 6.07) is 12.4. The van der Waals surface area contributed by atoms with Gasteiger partial charge in [0.1, 0.15) is 11.5 Å². The zero-order valence-corrected chi connectivity index (χ0v) is 16.3. The smallest absolute Gasteiger partial charge is 0.278 e. The lowest BCUT2D eigenvalue weighted by atomic mass is 10.1. The van der Waals surface area contributed by atoms with Crippen molar-refractivity contribution >= 4 is 34.4 Å². The summed E-state index contributed by atoms with van der Waals surface area (Å²) in [5, 5.41) is 4.56. The van der Waals surface area contributed by atoms with Gasteiger partial charge < -0.3 is 5.32 Å². The van der Waals surface area contributed by atoms with Gasteiger partial charge in [-0.05, 0) is 47.7 Å². The van der Waals surface area contributed by atoms with Crippen molar-refractivity contribution in [3.05, 3.63) is 93.6 Å². The molecule has 1 aromatic heterocycles. The van der Waals surface area contributed by atoms with E-state index in [0.29, 0.717) is 11.3 Å². The number of thiophene rings is 1. The van der Waals surface area contributed by atoms with Crippen molar-refractivity contribution in [2.24, 2.45) is 0 Å². The van der Waals surface area contributed by atoms with E-state index in [1.165, 1.54) is 29.5 Å². The van der Waals surface area contributed by atoms with E-state index in [0.717, 1.165) is 22.6 Å². The number of hydrogen-bond donors (Lipinski definition) is 1. The molecule has 30 heavy (non-hydrogen) atoms. The second-order valence-corrected chi connectivity index (χ2v) is 7.57. The van der Waals surface area contributed by atoms with E-state index in [-0.39, 0.29) is 29.3 Å². The van der Waals surface area contributed by atoms with Gasteiger partial charge in [-0.1, -0.05) is 18.2 Å². The number of nitrogens with one attached hydrogen (secondary N) is 1. The predicted molar refractivity (Wildman–Crippen MR) is 108 cm³/mol. The second-order valence-electron chi connectivity index (χ2n) is 6.62. The zero-order chi connectivity index (χ0) is 21.3. The average Bonchev–Trinajstić information content (AvgIpc) is 3.32. The normalized spacial score (nSPS) is 14.0. The van der Waals surface area contributed by atoms with Crippen LogP contribution in [0.4, 0.5) is 18.9 Å². The van der Waals surface area contributed by atoms with Crippen LogP contribution in [0.2, 0.25) is 0 Å². The Labute approximate surface area is 174 Å². The van der Waals surface area contributed by atoms with Crippen LogP contribution in [0.5, 0.6) is 0 Å². The first kappa shape index (κ1) is 19.9. The minimum atomic E-state index is -1.07. The number of halogens is 3. The van der Waals surface area contributed by atoms with Crippen molar-refractivity contribution in [3.8, 4) is 0 Å². The number of benzene rings is 2. The van der Waals surface area contributed by atoms with E-state index < -0.39 is 23.4 Å². The Hall–Kier alpha value is -3.39. The van der Waals surface area contributed by atoms with Crippen molar-refractivity contribution in [3.63, 3.8) is 0 Å². The molecule has 1 N–H and O–H groups in total. The van der Waals surface area contributed by atoms with Crippen molar-refractivity contribution in [1.82, 2.24) is 4.90 Å². The zero-order valence-electron chi connectivity index (χ0n) is 15.5. The molecule has 4 nitrogen and oxygen atoms in total. The third-order valence-corrected chi connectivity index (χ3v) is 5.55. The van der Waals surface area contributed by atoms with Crippen molar-refractivity contribution < 1.29 is 22.8 Å². The summed E-state index contributed by atoms with van der Waals surface area (Å²) in [5.74, 6) is -3.48. The van der Waals surface area contributed by atoms with Gasteiger partial charge in [-0.15, -0.1) is 11.3 Å². The van der Waals surface area contributed by atoms with Crippen LogP contribution in [0.25, 0.3) is 5.57 Å². The van der Waals surface area contributed by atoms with Gasteiger partial charge in [0.15, 0.2) is 11.6 Å². The van der Waals surface area contributed by atoms with Crippen molar-refractivity contribution in [2.75, 3.05) is 11.9 Å². The number of nitrogens with zero attached hydrogens (tertiary/aromatic N) is 1. The van der Waals surface area contributed by atoms with Gasteiger partial charge in [0, 0.05) is 23.2 Å². The van der Waals surface area contributed by atoms with E-state index in [1.54, 1.807) is 29.6 Å². The van der Waals surface area contributed by atoms with Gasteiger partial charge >= 0.3 is 0 Å². The van der Waals surface area contributed by atoms with Gasteiger partial charge in [-0.2, -0.15) is 0 Å². The van der Waals surface area contributed by atoms with Crippen LogP contribution in [0.15, 0.2) is 65.7 Å². The third-order valence-electron chi connectivity index (χ3n) is 4.66. The summed E-state index contributed by atoms with van der Waals surface area (Å²) < 4.78 is 39.9. The topological polar surface area (TPSA) is 49.4 Å². The number of hydrogen-bond acceptors (Lipinski definition) is 4. The molecule has 0 saturated carbocycles. The molecule has 2 heterocycles. The number of imide groups is 1. The summed E-state index contributed by atoms with van der Waals surface area (Å²) in [4.78, 5) is 27.7. The number of amides is 2. The van der Waals surface area contributed by atoms with Gasteiger partial charge in [-0.3, -0.25) is 14.5 Å². The lowest BCUT2D eigenvalue weighted by molar-refractivity contribution is -0.136. The highest BCUT2D eigenvalue weighted by Crippen LogP contribution is 2.33. The maximum atomic E-state index is 13.6. The molecule has 1 aliphatic heterocycles. The van der Waals surface area contributed by atoms with Crippen LogP contribution in [-0.4, -0.2) is 23.3 Å². The molecular formula is C22H15F3N2O2S. The molecule has 152 valence electrons. The van der Waals surface area contributed by atoms with E-state index in [4.69, 9.17) is 0 Å². The molecule has 0 spiro atoms. The standard InChI is InChI=1S/C22H15F3N2O2S/c23-14-5-3-13(4-6-14)9-10-27-21(28)19(18-2-1-11-30-18)20(22(27)29)26-15-7-8-16(24)17(25)12-15/h1-8,11-12,26H,9-10H2. The Bertz CT molecular complexity index is 1140. The maximum Gasteiger partial charge on any atom is 0.278 e. The monoisotopic (exact) mass is 428 g/mol. The molecule has 0 saturated heterocycles. The Kier molecular flexibility index (Phi) is 5.41. The van der Waals surface area contributed by atoms with Crippen LogP contribution in [0, 0.1) is 17.5 Å². The predicted octanol–water partition coefficient (Wildman–Crippen LogP) is 4.60. The largest absolute Gasteiger partial charge is 0.350 e. The summed E-state index contributed by atoms with van der Waals surface area (Å²) in [6.45, 7) is 0.0983. The van der Waals surface area contributed by atoms with E-state index in [1.807, 2.05) is 0 Å². The molecular weight excluding hydrogens is 413 g/mol. The highest BCUT2D eigenvalue weighted by Gasteiger charge is 2.39. The quantitative estimate of drug-likeness (QED) is 0.584. The van der Waals surface area contributed by atoms with Crippen LogP contribution in [0.1, 0.15) is 10.4 Å². The fourth-order valence-corrected chi connectivity index (χ4v) is 3.92. The fourth-order valence-electron chi connectivity index (χ4n) is 3.15. The molecule has 0 unspecified atom stereocenters. The molecule has 0 fully saturated rings. The number of carbonyl (C=O) groups excluding carboxylic acids is 2. The Morgan fingerprint density at radius 3 is 2.33 bits per heavy atom. The minimum Gasteiger partial charge on any atom is -0.350 e. The third kappa shape index (κ3) is 3.86. The first-order valence-electron chi connectivity index (χ1n) is 9.05. The van der Waals surface area contributed by atoms with E-state index >= 15 is 0 Å². The van der Waals surface area contributed by atoms with Gasteiger partial charge in [0.25, 0.3) is 11.8 Å². The fraction of sp³-hybridized carbons (Fsp3) is 0.0909.